The number of benzene rings is 1. The molecule has 0 N–H and O–H groups in total. The van der Waals surface area contributed by atoms with Gasteiger partial charge in [-0.2, -0.15) is 13.2 Å². The lowest BCUT2D eigenvalue weighted by atomic mass is 10.2. The second-order valence-corrected chi connectivity index (χ2v) is 7.29. The summed E-state index contributed by atoms with van der Waals surface area (Å²) in [5, 5.41) is 0. The molecule has 2 aromatic rings. The minimum absolute atomic E-state index is 0.157. The van der Waals surface area contributed by atoms with E-state index < -0.39 is 11.9 Å². The number of anilines is 1. The summed E-state index contributed by atoms with van der Waals surface area (Å²) in [6.45, 7) is 3.97. The number of piperazine rings is 1. The third kappa shape index (κ3) is 5.69. The van der Waals surface area contributed by atoms with E-state index in [1.54, 1.807) is 18.0 Å². The molecule has 1 fully saturated rings. The molecule has 0 bridgehead atoms. The average molecular weight is 424 g/mol. The monoisotopic (exact) mass is 424 g/mol. The van der Waals surface area contributed by atoms with Crippen molar-refractivity contribution in [3.8, 4) is 0 Å². The van der Waals surface area contributed by atoms with Gasteiger partial charge in [-0.3, -0.25) is 9.69 Å². The van der Waals surface area contributed by atoms with Gasteiger partial charge in [-0.15, -0.1) is 0 Å². The van der Waals surface area contributed by atoms with E-state index >= 15 is 0 Å². The predicted molar refractivity (Wildman–Crippen MR) is 106 cm³/mol. The highest BCUT2D eigenvalue weighted by Crippen LogP contribution is 2.29. The molecule has 1 saturated heterocycles. The zero-order chi connectivity index (χ0) is 21.7. The van der Waals surface area contributed by atoms with Crippen LogP contribution in [-0.4, -0.2) is 67.0 Å². The van der Waals surface area contributed by atoms with E-state index in [0.29, 0.717) is 44.1 Å². The lowest BCUT2D eigenvalue weighted by Crippen LogP contribution is -2.47. The smallest absolute Gasteiger partial charge is 0.354 e. The number of nitrogens with zero attached hydrogens (tertiary/aromatic N) is 4. The Kier molecular flexibility index (Phi) is 6.91. The van der Waals surface area contributed by atoms with E-state index in [9.17, 15) is 22.4 Å². The zero-order valence-electron chi connectivity index (χ0n) is 16.7. The minimum atomic E-state index is -4.45. The maximum absolute atomic E-state index is 13.0. The molecular weight excluding hydrogens is 400 g/mol. The number of aromatic nitrogens is 1. The second-order valence-electron chi connectivity index (χ2n) is 7.29. The predicted octanol–water partition coefficient (Wildman–Crippen LogP) is 3.52. The number of carbonyl (C=O) groups excluding carboxylic acids is 1. The highest BCUT2D eigenvalue weighted by molar-refractivity contribution is 5.93. The van der Waals surface area contributed by atoms with Gasteiger partial charge in [0.15, 0.2) is 0 Å². The molecule has 0 spiro atoms. The van der Waals surface area contributed by atoms with Gasteiger partial charge in [-0.25, -0.2) is 9.37 Å². The molecular formula is C21H24F4N4O. The molecule has 0 radical (unpaired) electrons. The van der Waals surface area contributed by atoms with E-state index in [4.69, 9.17) is 0 Å². The van der Waals surface area contributed by atoms with Crippen LogP contribution in [0, 0.1) is 5.82 Å². The maximum atomic E-state index is 13.0. The number of hydrogen-bond donors (Lipinski definition) is 0. The summed E-state index contributed by atoms with van der Waals surface area (Å²) in [5.41, 5.74) is -0.433. The summed E-state index contributed by atoms with van der Waals surface area (Å²) in [5.74, 6) is -0.196. The molecule has 30 heavy (non-hydrogen) atoms. The van der Waals surface area contributed by atoms with Crippen molar-refractivity contribution >= 4 is 11.7 Å². The number of alkyl halides is 3. The van der Waals surface area contributed by atoms with Crippen molar-refractivity contribution in [3.05, 3.63) is 59.5 Å². The molecule has 1 aromatic heterocycles. The van der Waals surface area contributed by atoms with Gasteiger partial charge in [0.2, 0.25) is 0 Å². The van der Waals surface area contributed by atoms with Crippen LogP contribution in [0.4, 0.5) is 23.4 Å². The van der Waals surface area contributed by atoms with Gasteiger partial charge in [0.1, 0.15) is 17.3 Å². The van der Waals surface area contributed by atoms with Gasteiger partial charge in [0, 0.05) is 45.3 Å². The standard InChI is InChI=1S/C21H24F4N4O/c1-27(20(30)16-6-8-17(22)9-7-16)10-3-11-28-12-14-29(15-13-28)19-5-2-4-18(26-19)21(23,24)25/h2,4-9H,3,10-15H2,1H3. The van der Waals surface area contributed by atoms with Crippen LogP contribution in [0.1, 0.15) is 22.5 Å². The molecule has 0 aliphatic carbocycles. The van der Waals surface area contributed by atoms with E-state index in [1.165, 1.54) is 30.3 Å². The molecule has 1 aliphatic heterocycles. The van der Waals surface area contributed by atoms with Gasteiger partial charge in [0.25, 0.3) is 5.91 Å². The Hall–Kier alpha value is -2.68. The van der Waals surface area contributed by atoms with Crippen molar-refractivity contribution in [1.29, 1.82) is 0 Å². The zero-order valence-corrected chi connectivity index (χ0v) is 16.7. The van der Waals surface area contributed by atoms with Gasteiger partial charge in [0.05, 0.1) is 0 Å². The van der Waals surface area contributed by atoms with Crippen LogP contribution in [0.15, 0.2) is 42.5 Å². The minimum Gasteiger partial charge on any atom is -0.354 e. The lowest BCUT2D eigenvalue weighted by Gasteiger charge is -2.35. The van der Waals surface area contributed by atoms with Crippen LogP contribution in [0.5, 0.6) is 0 Å². The summed E-state index contributed by atoms with van der Waals surface area (Å²) in [6, 6.07) is 9.42. The van der Waals surface area contributed by atoms with Crippen molar-refractivity contribution in [2.24, 2.45) is 0 Å². The van der Waals surface area contributed by atoms with E-state index in [1.807, 2.05) is 4.90 Å². The highest BCUT2D eigenvalue weighted by Gasteiger charge is 2.33. The molecule has 5 nitrogen and oxygen atoms in total. The van der Waals surface area contributed by atoms with Crippen LogP contribution in [0.25, 0.3) is 0 Å². The van der Waals surface area contributed by atoms with Crippen LogP contribution in [0.2, 0.25) is 0 Å². The van der Waals surface area contributed by atoms with E-state index in [2.05, 4.69) is 9.88 Å². The highest BCUT2D eigenvalue weighted by atomic mass is 19.4. The summed E-state index contributed by atoms with van der Waals surface area (Å²) in [4.78, 5) is 21.8. The molecule has 0 atom stereocenters. The van der Waals surface area contributed by atoms with Gasteiger partial charge < -0.3 is 9.80 Å². The Morgan fingerprint density at radius 3 is 2.37 bits per heavy atom. The molecule has 9 heteroatoms. The number of pyridine rings is 1. The first-order valence-corrected chi connectivity index (χ1v) is 9.76. The summed E-state index contributed by atoms with van der Waals surface area (Å²) < 4.78 is 51.5. The Balaban J connectivity index is 1.43. The van der Waals surface area contributed by atoms with Gasteiger partial charge in [-0.05, 0) is 49.4 Å². The van der Waals surface area contributed by atoms with Crippen molar-refractivity contribution in [2.75, 3.05) is 51.2 Å². The fourth-order valence-electron chi connectivity index (χ4n) is 3.40. The molecule has 1 aliphatic rings. The Morgan fingerprint density at radius 1 is 1.07 bits per heavy atom. The molecule has 162 valence electrons. The Labute approximate surface area is 172 Å². The topological polar surface area (TPSA) is 39.7 Å². The fraction of sp³-hybridized carbons (Fsp3) is 0.429. The summed E-state index contributed by atoms with van der Waals surface area (Å²) >= 11 is 0. The number of halogens is 4. The molecule has 1 amide bonds. The first kappa shape index (κ1) is 22.0. The SMILES string of the molecule is CN(CCCN1CCN(c2cccc(C(F)(F)F)n2)CC1)C(=O)c1ccc(F)cc1. The second kappa shape index (κ2) is 9.42. The molecule has 1 aromatic carbocycles. The third-order valence-corrected chi connectivity index (χ3v) is 5.13. The summed E-state index contributed by atoms with van der Waals surface area (Å²) in [7, 11) is 1.71. The van der Waals surface area contributed by atoms with Gasteiger partial charge >= 0.3 is 6.18 Å². The maximum Gasteiger partial charge on any atom is 0.433 e. The molecule has 0 unspecified atom stereocenters. The summed E-state index contributed by atoms with van der Waals surface area (Å²) in [6.07, 6.45) is -3.68. The van der Waals surface area contributed by atoms with E-state index in [-0.39, 0.29) is 11.7 Å². The normalized spacial score (nSPS) is 15.3. The Bertz CT molecular complexity index is 849. The fourth-order valence-corrected chi connectivity index (χ4v) is 3.40. The van der Waals surface area contributed by atoms with Crippen molar-refractivity contribution < 1.29 is 22.4 Å². The van der Waals surface area contributed by atoms with E-state index in [0.717, 1.165) is 19.0 Å². The number of hydrogen-bond acceptors (Lipinski definition) is 4. The lowest BCUT2D eigenvalue weighted by molar-refractivity contribution is -0.141. The molecule has 3 rings (SSSR count). The van der Waals surface area contributed by atoms with Gasteiger partial charge in [-0.1, -0.05) is 6.07 Å². The van der Waals surface area contributed by atoms with Crippen LogP contribution >= 0.6 is 0 Å². The number of amides is 1. The van der Waals surface area contributed by atoms with Crippen molar-refractivity contribution in [2.45, 2.75) is 12.6 Å². The average Bonchev–Trinajstić information content (AvgIpc) is 2.73. The number of rotatable bonds is 6. The largest absolute Gasteiger partial charge is 0.433 e. The third-order valence-electron chi connectivity index (χ3n) is 5.13. The quantitative estimate of drug-likeness (QED) is 0.666. The van der Waals surface area contributed by atoms with Crippen molar-refractivity contribution in [3.63, 3.8) is 0 Å². The van der Waals surface area contributed by atoms with Crippen LogP contribution in [0.3, 0.4) is 0 Å². The Morgan fingerprint density at radius 2 is 1.73 bits per heavy atom. The van der Waals surface area contributed by atoms with Crippen LogP contribution < -0.4 is 4.90 Å². The molecule has 2 heterocycles. The number of carbonyl (C=O) groups is 1. The first-order valence-electron chi connectivity index (χ1n) is 9.76. The molecule has 0 saturated carbocycles. The first-order chi connectivity index (χ1) is 14.2. The van der Waals surface area contributed by atoms with Crippen LogP contribution in [-0.2, 0) is 6.18 Å². The van der Waals surface area contributed by atoms with Crippen molar-refractivity contribution in [1.82, 2.24) is 14.8 Å².